The monoisotopic (exact) mass is 473 g/mol. The molecule has 0 amide bonds. The van der Waals surface area contributed by atoms with E-state index in [0.29, 0.717) is 22.8 Å². The highest BCUT2D eigenvalue weighted by atomic mass is 16.6. The number of methoxy groups -OCH3 is 4. The van der Waals surface area contributed by atoms with Crippen molar-refractivity contribution in [3.8, 4) is 28.7 Å². The molecule has 178 valence electrons. The number of non-ortho nitro benzene ring substituents is 1. The van der Waals surface area contributed by atoms with Crippen molar-refractivity contribution in [2.75, 3.05) is 28.4 Å². The second-order valence-corrected chi connectivity index (χ2v) is 6.51. The van der Waals surface area contributed by atoms with E-state index in [0.717, 1.165) is 25.3 Å². The predicted octanol–water partition coefficient (Wildman–Crippen LogP) is 2.81. The third-order valence-corrected chi connectivity index (χ3v) is 4.49. The molecule has 3 aromatic rings. The molecule has 0 fully saturated rings. The van der Waals surface area contributed by atoms with Gasteiger partial charge in [0.15, 0.2) is 18.1 Å². The lowest BCUT2D eigenvalue weighted by atomic mass is 10.1. The van der Waals surface area contributed by atoms with Crippen LogP contribution in [0.5, 0.6) is 17.2 Å². The number of carbonyl (C=O) groups is 2. The first-order valence-electron chi connectivity index (χ1n) is 9.49. The fourth-order valence-electron chi connectivity index (χ4n) is 2.91. The van der Waals surface area contributed by atoms with E-state index in [-0.39, 0.29) is 22.9 Å². The molecule has 0 bridgehead atoms. The summed E-state index contributed by atoms with van der Waals surface area (Å²) in [6.07, 6.45) is 0. The number of carbonyl (C=O) groups excluding carboxylic acids is 2. The van der Waals surface area contributed by atoms with Gasteiger partial charge in [-0.25, -0.2) is 9.59 Å². The normalized spacial score (nSPS) is 10.4. The molecule has 0 aliphatic heterocycles. The van der Waals surface area contributed by atoms with Crippen LogP contribution >= 0.6 is 0 Å². The zero-order chi connectivity index (χ0) is 24.8. The molecule has 0 radical (unpaired) electrons. The molecule has 34 heavy (non-hydrogen) atoms. The Kier molecular flexibility index (Phi) is 7.26. The number of hydrogen-bond donors (Lipinski definition) is 0. The van der Waals surface area contributed by atoms with Crippen LogP contribution in [-0.4, -0.2) is 55.5 Å². The van der Waals surface area contributed by atoms with Crippen molar-refractivity contribution in [1.82, 2.24) is 10.2 Å². The van der Waals surface area contributed by atoms with E-state index in [9.17, 15) is 19.7 Å². The number of nitro benzene ring substituents is 1. The van der Waals surface area contributed by atoms with Crippen molar-refractivity contribution in [2.45, 2.75) is 6.61 Å². The number of rotatable bonds is 9. The van der Waals surface area contributed by atoms with Gasteiger partial charge < -0.3 is 28.1 Å². The topological polar surface area (TPSA) is 162 Å². The largest absolute Gasteiger partial charge is 0.493 e. The molecule has 0 spiro atoms. The van der Waals surface area contributed by atoms with Gasteiger partial charge in [0.1, 0.15) is 0 Å². The lowest BCUT2D eigenvalue weighted by molar-refractivity contribution is -0.384. The zero-order valence-electron chi connectivity index (χ0n) is 18.5. The second kappa shape index (κ2) is 10.3. The molecule has 1 aromatic heterocycles. The summed E-state index contributed by atoms with van der Waals surface area (Å²) >= 11 is 0. The Hall–Kier alpha value is -4.68. The van der Waals surface area contributed by atoms with Gasteiger partial charge in [0.05, 0.1) is 44.5 Å². The minimum Gasteiger partial charge on any atom is -0.493 e. The molecule has 0 saturated carbocycles. The SMILES string of the molecule is COC(=O)c1cc(C(=O)OCc2nnc(-c3cc(OC)c(OC)c(OC)c3)o2)cc([N+](=O)[O-])c1. The number of ether oxygens (including phenoxy) is 5. The minimum absolute atomic E-state index is 0.0456. The standard InChI is InChI=1S/C21H19N3O10/c1-29-15-8-11(9-16(30-2)18(15)31-3)19-23-22-17(34-19)10-33-21(26)13-5-12(20(25)32-4)6-14(7-13)24(27)28/h5-9H,10H2,1-4H3. The molecule has 13 heteroatoms. The Labute approximate surface area is 192 Å². The van der Waals surface area contributed by atoms with Gasteiger partial charge in [0.2, 0.25) is 11.6 Å². The number of nitrogens with zero attached hydrogens (tertiary/aromatic N) is 3. The van der Waals surface area contributed by atoms with Crippen molar-refractivity contribution in [3.05, 3.63) is 57.5 Å². The molecular formula is C21H19N3O10. The summed E-state index contributed by atoms with van der Waals surface area (Å²) in [5.74, 6) is -0.619. The van der Waals surface area contributed by atoms with Crippen LogP contribution < -0.4 is 14.2 Å². The Bertz CT molecular complexity index is 1210. The summed E-state index contributed by atoms with van der Waals surface area (Å²) in [6, 6.07) is 6.29. The first-order valence-corrected chi connectivity index (χ1v) is 9.49. The molecule has 13 nitrogen and oxygen atoms in total. The molecule has 1 heterocycles. The maximum Gasteiger partial charge on any atom is 0.338 e. The predicted molar refractivity (Wildman–Crippen MR) is 113 cm³/mol. The van der Waals surface area contributed by atoms with Crippen molar-refractivity contribution >= 4 is 17.6 Å². The van der Waals surface area contributed by atoms with Crippen LogP contribution in [0.4, 0.5) is 5.69 Å². The van der Waals surface area contributed by atoms with Crippen LogP contribution in [0.3, 0.4) is 0 Å². The number of aromatic nitrogens is 2. The van der Waals surface area contributed by atoms with Gasteiger partial charge in [-0.1, -0.05) is 0 Å². The molecule has 3 rings (SSSR count). The molecule has 0 atom stereocenters. The van der Waals surface area contributed by atoms with Gasteiger partial charge in [0, 0.05) is 17.7 Å². The lowest BCUT2D eigenvalue weighted by Gasteiger charge is -2.12. The van der Waals surface area contributed by atoms with Crippen LogP contribution in [0.2, 0.25) is 0 Å². The average Bonchev–Trinajstić information content (AvgIpc) is 3.34. The van der Waals surface area contributed by atoms with E-state index >= 15 is 0 Å². The van der Waals surface area contributed by atoms with E-state index in [4.69, 9.17) is 23.4 Å². The summed E-state index contributed by atoms with van der Waals surface area (Å²) in [7, 11) is 5.49. The Morgan fingerprint density at radius 1 is 0.912 bits per heavy atom. The first-order chi connectivity index (χ1) is 16.3. The van der Waals surface area contributed by atoms with Gasteiger partial charge in [-0.05, 0) is 18.2 Å². The molecule has 0 saturated heterocycles. The number of nitro groups is 1. The summed E-state index contributed by atoms with van der Waals surface area (Å²) in [5.41, 5.74) is -0.414. The van der Waals surface area contributed by atoms with Gasteiger partial charge in [0.25, 0.3) is 11.6 Å². The molecule has 0 aliphatic rings. The number of hydrogen-bond acceptors (Lipinski definition) is 12. The van der Waals surface area contributed by atoms with E-state index in [1.54, 1.807) is 12.1 Å². The Balaban J connectivity index is 1.79. The molecule has 0 unspecified atom stereocenters. The fourth-order valence-corrected chi connectivity index (χ4v) is 2.91. The van der Waals surface area contributed by atoms with Crippen molar-refractivity contribution < 1.29 is 42.6 Å². The number of benzene rings is 2. The highest BCUT2D eigenvalue weighted by molar-refractivity contribution is 5.96. The summed E-state index contributed by atoms with van der Waals surface area (Å²) in [6.45, 7) is -0.424. The molecule has 2 aromatic carbocycles. The van der Waals surface area contributed by atoms with Crippen LogP contribution in [0.15, 0.2) is 34.7 Å². The maximum absolute atomic E-state index is 12.4. The van der Waals surface area contributed by atoms with E-state index in [1.807, 2.05) is 0 Å². The highest BCUT2D eigenvalue weighted by Crippen LogP contribution is 2.40. The second-order valence-electron chi connectivity index (χ2n) is 6.51. The fraction of sp³-hybridized carbons (Fsp3) is 0.238. The molecule has 0 N–H and O–H groups in total. The van der Waals surface area contributed by atoms with Gasteiger partial charge in [-0.2, -0.15) is 0 Å². The van der Waals surface area contributed by atoms with Crippen molar-refractivity contribution in [1.29, 1.82) is 0 Å². The van der Waals surface area contributed by atoms with Crippen LogP contribution in [0, 0.1) is 10.1 Å². The van der Waals surface area contributed by atoms with E-state index in [2.05, 4.69) is 14.9 Å². The quantitative estimate of drug-likeness (QED) is 0.254. The third kappa shape index (κ3) is 5.03. The maximum atomic E-state index is 12.4. The third-order valence-electron chi connectivity index (χ3n) is 4.49. The number of esters is 2. The van der Waals surface area contributed by atoms with E-state index in [1.165, 1.54) is 21.3 Å². The summed E-state index contributed by atoms with van der Waals surface area (Å²) in [4.78, 5) is 34.6. The van der Waals surface area contributed by atoms with Crippen LogP contribution in [0.1, 0.15) is 26.6 Å². The minimum atomic E-state index is -0.943. The molecular weight excluding hydrogens is 454 g/mol. The average molecular weight is 473 g/mol. The van der Waals surface area contributed by atoms with Gasteiger partial charge >= 0.3 is 11.9 Å². The lowest BCUT2D eigenvalue weighted by Crippen LogP contribution is -2.09. The Morgan fingerprint density at radius 2 is 1.53 bits per heavy atom. The smallest absolute Gasteiger partial charge is 0.338 e. The zero-order valence-corrected chi connectivity index (χ0v) is 18.5. The van der Waals surface area contributed by atoms with Crippen LogP contribution in [-0.2, 0) is 16.1 Å². The van der Waals surface area contributed by atoms with Crippen molar-refractivity contribution in [3.63, 3.8) is 0 Å². The summed E-state index contributed by atoms with van der Waals surface area (Å²) in [5, 5.41) is 18.9. The van der Waals surface area contributed by atoms with E-state index < -0.39 is 29.2 Å². The van der Waals surface area contributed by atoms with Gasteiger partial charge in [-0.3, -0.25) is 10.1 Å². The van der Waals surface area contributed by atoms with Crippen molar-refractivity contribution in [2.24, 2.45) is 0 Å². The van der Waals surface area contributed by atoms with Crippen LogP contribution in [0.25, 0.3) is 11.5 Å². The van der Waals surface area contributed by atoms with Gasteiger partial charge in [-0.15, -0.1) is 10.2 Å². The first kappa shape index (κ1) is 24.0. The highest BCUT2D eigenvalue weighted by Gasteiger charge is 2.21. The Morgan fingerprint density at radius 3 is 2.06 bits per heavy atom. The molecule has 0 aliphatic carbocycles. The summed E-state index contributed by atoms with van der Waals surface area (Å²) < 4.78 is 31.1.